The highest BCUT2D eigenvalue weighted by molar-refractivity contribution is 8.00. The molecule has 1 atom stereocenters. The number of carboxylic acids is 1. The minimum Gasteiger partial charge on any atom is -0.480 e. The van der Waals surface area contributed by atoms with Crippen molar-refractivity contribution >= 4 is 35.2 Å². The highest BCUT2D eigenvalue weighted by atomic mass is 35.5. The van der Waals surface area contributed by atoms with Crippen LogP contribution in [0.5, 0.6) is 0 Å². The van der Waals surface area contributed by atoms with E-state index in [1.807, 2.05) is 0 Å². The first-order valence-corrected chi connectivity index (χ1v) is 6.26. The molecule has 0 aliphatic heterocycles. The molecule has 0 aliphatic carbocycles. The van der Waals surface area contributed by atoms with Crippen LogP contribution in [0.4, 0.5) is 0 Å². The van der Waals surface area contributed by atoms with Crippen LogP contribution >= 0.6 is 23.4 Å². The van der Waals surface area contributed by atoms with Gasteiger partial charge in [0.05, 0.1) is 5.75 Å². The third-order valence-corrected chi connectivity index (χ3v) is 3.20. The maximum atomic E-state index is 11.4. The summed E-state index contributed by atoms with van der Waals surface area (Å²) in [6.45, 7) is 1.42. The van der Waals surface area contributed by atoms with Gasteiger partial charge in [-0.05, 0) is 31.2 Å². The predicted molar refractivity (Wildman–Crippen MR) is 67.4 cm³/mol. The molecule has 2 N–H and O–H groups in total. The largest absolute Gasteiger partial charge is 0.480 e. The number of carbonyl (C=O) groups excluding carboxylic acids is 1. The number of hydrogen-bond donors (Lipinski definition) is 2. The van der Waals surface area contributed by atoms with Crippen LogP contribution in [0.3, 0.4) is 0 Å². The van der Waals surface area contributed by atoms with Gasteiger partial charge in [0.15, 0.2) is 0 Å². The van der Waals surface area contributed by atoms with Crippen molar-refractivity contribution in [2.24, 2.45) is 0 Å². The highest BCUT2D eigenvalue weighted by Gasteiger charge is 2.13. The lowest BCUT2D eigenvalue weighted by atomic mass is 10.3. The van der Waals surface area contributed by atoms with Gasteiger partial charge >= 0.3 is 5.97 Å². The monoisotopic (exact) mass is 273 g/mol. The topological polar surface area (TPSA) is 66.4 Å². The van der Waals surface area contributed by atoms with E-state index in [2.05, 4.69) is 5.32 Å². The van der Waals surface area contributed by atoms with Crippen molar-refractivity contribution in [1.82, 2.24) is 5.32 Å². The third-order valence-electron chi connectivity index (χ3n) is 1.93. The number of carbonyl (C=O) groups is 2. The number of carboxylic acid groups (broad SMARTS) is 1. The number of benzene rings is 1. The molecule has 0 spiro atoms. The zero-order valence-electron chi connectivity index (χ0n) is 9.14. The Hall–Kier alpha value is -1.20. The third kappa shape index (κ3) is 5.10. The van der Waals surface area contributed by atoms with E-state index in [0.29, 0.717) is 5.02 Å². The number of thioether (sulfide) groups is 1. The molecular formula is C11H12ClNO3S. The van der Waals surface area contributed by atoms with Crippen LogP contribution in [0, 0.1) is 0 Å². The van der Waals surface area contributed by atoms with Gasteiger partial charge in [0.2, 0.25) is 5.91 Å². The first-order valence-electron chi connectivity index (χ1n) is 4.89. The Morgan fingerprint density at radius 3 is 2.53 bits per heavy atom. The Labute approximate surface area is 108 Å². The lowest BCUT2D eigenvalue weighted by Crippen LogP contribution is -2.39. The zero-order valence-corrected chi connectivity index (χ0v) is 10.7. The summed E-state index contributed by atoms with van der Waals surface area (Å²) in [7, 11) is 0. The molecule has 0 bridgehead atoms. The Morgan fingerprint density at radius 1 is 1.41 bits per heavy atom. The Kier molecular flexibility index (Phi) is 5.31. The molecule has 0 saturated heterocycles. The SMILES string of the molecule is C[C@@H](NC(=O)CSc1ccc(Cl)cc1)C(=O)O. The minimum absolute atomic E-state index is 0.180. The van der Waals surface area contributed by atoms with Crippen LogP contribution in [-0.4, -0.2) is 28.8 Å². The zero-order chi connectivity index (χ0) is 12.8. The van der Waals surface area contributed by atoms with Gasteiger partial charge in [0.25, 0.3) is 0 Å². The molecule has 0 aromatic heterocycles. The number of aliphatic carboxylic acids is 1. The van der Waals surface area contributed by atoms with E-state index in [9.17, 15) is 9.59 Å². The number of amides is 1. The van der Waals surface area contributed by atoms with Gasteiger partial charge in [-0.25, -0.2) is 0 Å². The standard InChI is InChI=1S/C11H12ClNO3S/c1-7(11(15)16)13-10(14)6-17-9-4-2-8(12)3-5-9/h2-5,7H,6H2,1H3,(H,13,14)(H,15,16)/t7-/m1/s1. The molecule has 1 aromatic rings. The Morgan fingerprint density at radius 2 is 2.00 bits per heavy atom. The molecule has 0 fully saturated rings. The van der Waals surface area contributed by atoms with Gasteiger partial charge in [0.1, 0.15) is 6.04 Å². The summed E-state index contributed by atoms with van der Waals surface area (Å²) in [4.78, 5) is 22.8. The van der Waals surface area contributed by atoms with E-state index in [-0.39, 0.29) is 11.7 Å². The molecule has 6 heteroatoms. The normalized spacial score (nSPS) is 11.9. The number of hydrogen-bond acceptors (Lipinski definition) is 3. The maximum absolute atomic E-state index is 11.4. The second-order valence-electron chi connectivity index (χ2n) is 3.37. The molecule has 1 aromatic carbocycles. The van der Waals surface area contributed by atoms with E-state index in [0.717, 1.165) is 4.90 Å². The van der Waals surface area contributed by atoms with E-state index >= 15 is 0 Å². The van der Waals surface area contributed by atoms with Crippen LogP contribution in [-0.2, 0) is 9.59 Å². The fourth-order valence-electron chi connectivity index (χ4n) is 1.02. The fourth-order valence-corrected chi connectivity index (χ4v) is 1.86. The van der Waals surface area contributed by atoms with E-state index in [1.54, 1.807) is 24.3 Å². The van der Waals surface area contributed by atoms with Crippen molar-refractivity contribution in [2.75, 3.05) is 5.75 Å². The maximum Gasteiger partial charge on any atom is 0.325 e. The summed E-state index contributed by atoms with van der Waals surface area (Å²) in [6, 6.07) is 6.22. The number of nitrogens with one attached hydrogen (secondary N) is 1. The predicted octanol–water partition coefficient (Wildman–Crippen LogP) is 2.02. The first-order chi connectivity index (χ1) is 7.99. The molecule has 0 heterocycles. The van der Waals surface area contributed by atoms with E-state index in [1.165, 1.54) is 18.7 Å². The van der Waals surface area contributed by atoms with Crippen LogP contribution in [0.15, 0.2) is 29.2 Å². The van der Waals surface area contributed by atoms with Crippen molar-refractivity contribution in [2.45, 2.75) is 17.9 Å². The molecular weight excluding hydrogens is 262 g/mol. The molecule has 4 nitrogen and oxygen atoms in total. The quantitative estimate of drug-likeness (QED) is 0.806. The number of rotatable bonds is 5. The molecule has 0 unspecified atom stereocenters. The number of halogens is 1. The van der Waals surface area contributed by atoms with Crippen molar-refractivity contribution in [3.8, 4) is 0 Å². The molecule has 92 valence electrons. The molecule has 0 aliphatic rings. The van der Waals surface area contributed by atoms with Crippen molar-refractivity contribution in [3.05, 3.63) is 29.3 Å². The first kappa shape index (κ1) is 13.9. The van der Waals surface area contributed by atoms with Gasteiger partial charge in [-0.2, -0.15) is 0 Å². The second kappa shape index (κ2) is 6.51. The molecule has 0 radical (unpaired) electrons. The lowest BCUT2D eigenvalue weighted by Gasteiger charge is -2.08. The van der Waals surface area contributed by atoms with E-state index in [4.69, 9.17) is 16.7 Å². The summed E-state index contributed by atoms with van der Waals surface area (Å²) in [5, 5.41) is 11.6. The average molecular weight is 274 g/mol. The van der Waals surface area contributed by atoms with Crippen molar-refractivity contribution in [1.29, 1.82) is 0 Å². The summed E-state index contributed by atoms with van der Waals surface area (Å²) in [5.41, 5.74) is 0. The van der Waals surface area contributed by atoms with E-state index < -0.39 is 12.0 Å². The molecule has 17 heavy (non-hydrogen) atoms. The Bertz CT molecular complexity index is 408. The van der Waals surface area contributed by atoms with Gasteiger partial charge in [-0.15, -0.1) is 11.8 Å². The minimum atomic E-state index is -1.05. The fraction of sp³-hybridized carbons (Fsp3) is 0.273. The van der Waals surface area contributed by atoms with Crippen molar-refractivity contribution < 1.29 is 14.7 Å². The molecule has 1 amide bonds. The van der Waals surface area contributed by atoms with Gasteiger partial charge in [-0.3, -0.25) is 9.59 Å². The van der Waals surface area contributed by atoms with Gasteiger partial charge < -0.3 is 10.4 Å². The van der Waals surface area contributed by atoms with Crippen LogP contribution in [0.2, 0.25) is 5.02 Å². The second-order valence-corrected chi connectivity index (χ2v) is 4.86. The van der Waals surface area contributed by atoms with Gasteiger partial charge in [-0.1, -0.05) is 11.6 Å². The van der Waals surface area contributed by atoms with Crippen molar-refractivity contribution in [3.63, 3.8) is 0 Å². The van der Waals surface area contributed by atoms with Gasteiger partial charge in [0, 0.05) is 9.92 Å². The smallest absolute Gasteiger partial charge is 0.325 e. The summed E-state index contributed by atoms with van der Waals surface area (Å²) < 4.78 is 0. The van der Waals surface area contributed by atoms with Crippen LogP contribution in [0.1, 0.15) is 6.92 Å². The van der Waals surface area contributed by atoms with Crippen LogP contribution < -0.4 is 5.32 Å². The summed E-state index contributed by atoms with van der Waals surface area (Å²) >= 11 is 7.05. The molecule has 1 rings (SSSR count). The summed E-state index contributed by atoms with van der Waals surface area (Å²) in [6.07, 6.45) is 0. The average Bonchev–Trinajstić information content (AvgIpc) is 2.28. The Balaban J connectivity index is 2.38. The van der Waals surface area contributed by atoms with Crippen LogP contribution in [0.25, 0.3) is 0 Å². The lowest BCUT2D eigenvalue weighted by molar-refractivity contribution is -0.140. The molecule has 0 saturated carbocycles. The highest BCUT2D eigenvalue weighted by Crippen LogP contribution is 2.19. The summed E-state index contributed by atoms with van der Waals surface area (Å²) in [5.74, 6) is -1.17.